The van der Waals surface area contributed by atoms with Crippen molar-refractivity contribution in [3.63, 3.8) is 0 Å². The topological polar surface area (TPSA) is 19.0 Å². The molecule has 3 aromatic rings. The van der Waals surface area contributed by atoms with Crippen molar-refractivity contribution in [3.05, 3.63) is 69.9 Å². The molecule has 0 fully saturated rings. The standard InChI is InChI=1S/C21H21ClN2/c1-24-11-9-14-12-17(22)21-16(8-10-23-21)19(14)20-15-5-3-2-4-13(15)6-7-18(20)24/h2-5,8,10,12,18,20,23H,6-7,9,11H2,1H3/t18-,20-/m0/s1. The lowest BCUT2D eigenvalue weighted by molar-refractivity contribution is 0.214. The molecule has 2 atom stereocenters. The zero-order chi connectivity index (χ0) is 16.3. The molecule has 0 saturated heterocycles. The number of aryl methyl sites for hydroxylation is 1. The van der Waals surface area contributed by atoms with Gasteiger partial charge in [-0.1, -0.05) is 35.9 Å². The number of halogens is 1. The van der Waals surface area contributed by atoms with E-state index >= 15 is 0 Å². The number of aromatic amines is 1. The lowest BCUT2D eigenvalue weighted by Crippen LogP contribution is -2.39. The van der Waals surface area contributed by atoms with Gasteiger partial charge < -0.3 is 9.88 Å². The number of H-pyrrole nitrogens is 1. The Hall–Kier alpha value is -1.77. The Balaban J connectivity index is 1.84. The van der Waals surface area contributed by atoms with Crippen LogP contribution in [0.2, 0.25) is 5.02 Å². The fraction of sp³-hybridized carbons (Fsp3) is 0.333. The fourth-order valence-corrected chi connectivity index (χ4v) is 5.16. The lowest BCUT2D eigenvalue weighted by Gasteiger charge is -2.38. The van der Waals surface area contributed by atoms with Gasteiger partial charge in [0, 0.05) is 30.1 Å². The van der Waals surface area contributed by atoms with Crippen molar-refractivity contribution in [1.29, 1.82) is 0 Å². The number of likely N-dealkylation sites (N-methyl/N-ethyl adjacent to an activating group) is 1. The summed E-state index contributed by atoms with van der Waals surface area (Å²) in [5.74, 6) is 0.438. The molecule has 0 unspecified atom stereocenters. The van der Waals surface area contributed by atoms with Crippen LogP contribution in [-0.2, 0) is 12.8 Å². The molecule has 0 saturated carbocycles. The number of hydrogen-bond acceptors (Lipinski definition) is 1. The first-order chi connectivity index (χ1) is 11.7. The highest BCUT2D eigenvalue weighted by Crippen LogP contribution is 2.45. The van der Waals surface area contributed by atoms with Gasteiger partial charge in [-0.2, -0.15) is 0 Å². The van der Waals surface area contributed by atoms with Crippen LogP contribution in [0.5, 0.6) is 0 Å². The Bertz CT molecular complexity index is 927. The van der Waals surface area contributed by atoms with Crippen LogP contribution in [0.3, 0.4) is 0 Å². The van der Waals surface area contributed by atoms with Crippen molar-refractivity contribution < 1.29 is 0 Å². The highest BCUT2D eigenvalue weighted by Gasteiger charge is 2.37. The van der Waals surface area contributed by atoms with E-state index in [1.165, 1.54) is 40.5 Å². The average Bonchev–Trinajstić information content (AvgIpc) is 3.04. The maximum Gasteiger partial charge on any atom is 0.0649 e. The second-order valence-electron chi connectivity index (χ2n) is 7.21. The van der Waals surface area contributed by atoms with E-state index in [2.05, 4.69) is 53.3 Å². The molecule has 1 N–H and O–H groups in total. The molecule has 1 aliphatic heterocycles. The summed E-state index contributed by atoms with van der Waals surface area (Å²) >= 11 is 6.56. The van der Waals surface area contributed by atoms with Gasteiger partial charge in [-0.15, -0.1) is 0 Å². The molecule has 2 aromatic carbocycles. The van der Waals surface area contributed by atoms with Gasteiger partial charge in [0.1, 0.15) is 0 Å². The minimum atomic E-state index is 0.438. The van der Waals surface area contributed by atoms with E-state index in [-0.39, 0.29) is 0 Å². The van der Waals surface area contributed by atoms with Crippen molar-refractivity contribution in [1.82, 2.24) is 9.88 Å². The van der Waals surface area contributed by atoms with E-state index in [4.69, 9.17) is 11.6 Å². The predicted octanol–water partition coefficient (Wildman–Crippen LogP) is 4.76. The molecule has 3 heteroatoms. The Kier molecular flexibility index (Phi) is 3.26. The second-order valence-corrected chi connectivity index (χ2v) is 7.62. The molecule has 1 aliphatic carbocycles. The third-order valence-corrected chi connectivity index (χ3v) is 6.32. The van der Waals surface area contributed by atoms with Crippen molar-refractivity contribution in [3.8, 4) is 0 Å². The van der Waals surface area contributed by atoms with E-state index < -0.39 is 0 Å². The predicted molar refractivity (Wildman–Crippen MR) is 100 cm³/mol. The molecule has 2 heterocycles. The van der Waals surface area contributed by atoms with Crippen LogP contribution >= 0.6 is 11.6 Å². The van der Waals surface area contributed by atoms with Crippen LogP contribution in [-0.4, -0.2) is 29.5 Å². The molecule has 0 bridgehead atoms. The number of rotatable bonds is 0. The summed E-state index contributed by atoms with van der Waals surface area (Å²) < 4.78 is 0. The molecular formula is C21H21ClN2. The van der Waals surface area contributed by atoms with Crippen molar-refractivity contribution >= 4 is 22.5 Å². The first-order valence-corrected chi connectivity index (χ1v) is 9.18. The van der Waals surface area contributed by atoms with E-state index in [1.54, 1.807) is 0 Å². The summed E-state index contributed by atoms with van der Waals surface area (Å²) in [6, 6.07) is 14.0. The molecule has 2 aliphatic rings. The van der Waals surface area contributed by atoms with Gasteiger partial charge in [0.05, 0.1) is 10.5 Å². The molecule has 0 radical (unpaired) electrons. The van der Waals surface area contributed by atoms with Crippen LogP contribution in [0.4, 0.5) is 0 Å². The molecule has 0 spiro atoms. The van der Waals surface area contributed by atoms with Crippen LogP contribution in [0.25, 0.3) is 10.9 Å². The molecular weight excluding hydrogens is 316 g/mol. The Morgan fingerprint density at radius 2 is 2.00 bits per heavy atom. The van der Waals surface area contributed by atoms with Crippen LogP contribution in [0.15, 0.2) is 42.6 Å². The molecule has 2 nitrogen and oxygen atoms in total. The van der Waals surface area contributed by atoms with Gasteiger partial charge in [-0.05, 0) is 60.7 Å². The highest BCUT2D eigenvalue weighted by atomic mass is 35.5. The maximum atomic E-state index is 6.56. The minimum absolute atomic E-state index is 0.438. The molecule has 24 heavy (non-hydrogen) atoms. The number of fused-ring (bicyclic) bond motifs is 7. The summed E-state index contributed by atoms with van der Waals surface area (Å²) in [7, 11) is 2.29. The largest absolute Gasteiger partial charge is 0.360 e. The number of aromatic nitrogens is 1. The van der Waals surface area contributed by atoms with E-state index in [1.807, 2.05) is 6.20 Å². The summed E-state index contributed by atoms with van der Waals surface area (Å²) in [6.45, 7) is 1.10. The normalized spacial score (nSPS) is 23.4. The Labute approximate surface area is 147 Å². The zero-order valence-corrected chi connectivity index (χ0v) is 14.6. The van der Waals surface area contributed by atoms with Gasteiger partial charge in [0.25, 0.3) is 0 Å². The summed E-state index contributed by atoms with van der Waals surface area (Å²) in [5, 5.41) is 2.15. The zero-order valence-electron chi connectivity index (χ0n) is 13.8. The SMILES string of the molecule is CN1CCc2cc(Cl)c3[nH]ccc3c2[C@H]2c3ccccc3CC[C@@H]21. The Morgan fingerprint density at radius 1 is 1.12 bits per heavy atom. The molecule has 5 rings (SSSR count). The summed E-state index contributed by atoms with van der Waals surface area (Å²) in [6.07, 6.45) is 5.50. The molecule has 0 amide bonds. The van der Waals surface area contributed by atoms with Crippen LogP contribution in [0, 0.1) is 0 Å². The van der Waals surface area contributed by atoms with Crippen molar-refractivity contribution in [2.75, 3.05) is 13.6 Å². The van der Waals surface area contributed by atoms with Crippen molar-refractivity contribution in [2.45, 2.75) is 31.2 Å². The van der Waals surface area contributed by atoms with Gasteiger partial charge in [-0.3, -0.25) is 0 Å². The maximum absolute atomic E-state index is 6.56. The Morgan fingerprint density at radius 3 is 2.92 bits per heavy atom. The van der Waals surface area contributed by atoms with Gasteiger partial charge >= 0.3 is 0 Å². The number of nitrogens with zero attached hydrogens (tertiary/aromatic N) is 1. The number of nitrogens with one attached hydrogen (secondary N) is 1. The van der Waals surface area contributed by atoms with Gasteiger partial charge in [-0.25, -0.2) is 0 Å². The van der Waals surface area contributed by atoms with Crippen LogP contribution < -0.4 is 0 Å². The second kappa shape index (κ2) is 5.37. The third kappa shape index (κ3) is 2.00. The van der Waals surface area contributed by atoms with Crippen molar-refractivity contribution in [2.24, 2.45) is 0 Å². The first kappa shape index (κ1) is 14.6. The smallest absolute Gasteiger partial charge is 0.0649 e. The van der Waals surface area contributed by atoms with Gasteiger partial charge in [0.2, 0.25) is 0 Å². The van der Waals surface area contributed by atoms with Gasteiger partial charge in [0.15, 0.2) is 0 Å². The van der Waals surface area contributed by atoms with E-state index in [0.717, 1.165) is 23.5 Å². The first-order valence-electron chi connectivity index (χ1n) is 8.80. The molecule has 1 aromatic heterocycles. The monoisotopic (exact) mass is 336 g/mol. The minimum Gasteiger partial charge on any atom is -0.360 e. The highest BCUT2D eigenvalue weighted by molar-refractivity contribution is 6.35. The average molecular weight is 337 g/mol. The number of hydrogen-bond donors (Lipinski definition) is 1. The third-order valence-electron chi connectivity index (χ3n) is 6.02. The lowest BCUT2D eigenvalue weighted by atomic mass is 9.73. The number of benzene rings is 2. The van der Waals surface area contributed by atoms with E-state index in [0.29, 0.717) is 12.0 Å². The quantitative estimate of drug-likeness (QED) is 0.627. The molecule has 122 valence electrons. The summed E-state index contributed by atoms with van der Waals surface area (Å²) in [4.78, 5) is 5.91. The van der Waals surface area contributed by atoms with Crippen LogP contribution in [0.1, 0.15) is 34.6 Å². The fourth-order valence-electron chi connectivity index (χ4n) is 4.87. The van der Waals surface area contributed by atoms with E-state index in [9.17, 15) is 0 Å². The summed E-state index contributed by atoms with van der Waals surface area (Å²) in [5.41, 5.74) is 7.02.